The Labute approximate surface area is 171 Å². The molecule has 2 aromatic carbocycles. The van der Waals surface area contributed by atoms with Crippen LogP contribution < -0.4 is 5.32 Å². The molecule has 29 heavy (non-hydrogen) atoms. The lowest BCUT2D eigenvalue weighted by atomic mass is 9.97. The van der Waals surface area contributed by atoms with Crippen molar-refractivity contribution in [2.45, 2.75) is 37.0 Å². The van der Waals surface area contributed by atoms with Gasteiger partial charge in [0.25, 0.3) is 5.91 Å². The number of furan rings is 1. The summed E-state index contributed by atoms with van der Waals surface area (Å²) in [5, 5.41) is 3.01. The van der Waals surface area contributed by atoms with Gasteiger partial charge in [-0.25, -0.2) is 8.42 Å². The van der Waals surface area contributed by atoms with Crippen molar-refractivity contribution in [1.82, 2.24) is 5.32 Å². The highest BCUT2D eigenvalue weighted by atomic mass is 32.2. The predicted molar refractivity (Wildman–Crippen MR) is 112 cm³/mol. The smallest absolute Gasteiger partial charge is 0.287 e. The van der Waals surface area contributed by atoms with E-state index in [0.717, 1.165) is 12.0 Å². The van der Waals surface area contributed by atoms with E-state index in [1.807, 2.05) is 30.3 Å². The summed E-state index contributed by atoms with van der Waals surface area (Å²) in [6.45, 7) is 4.20. The number of carbonyl (C=O) groups is 1. The molecule has 1 unspecified atom stereocenters. The lowest BCUT2D eigenvalue weighted by molar-refractivity contribution is 0.0902. The molecule has 1 aromatic heterocycles. The van der Waals surface area contributed by atoms with Gasteiger partial charge in [-0.05, 0) is 42.2 Å². The fourth-order valence-corrected chi connectivity index (χ4v) is 4.41. The quantitative estimate of drug-likeness (QED) is 0.579. The fraction of sp³-hybridized carbons (Fsp3) is 0.261. The Balaban J connectivity index is 1.73. The Morgan fingerprint density at radius 3 is 2.17 bits per heavy atom. The summed E-state index contributed by atoms with van der Waals surface area (Å²) >= 11 is 0. The Hall–Kier alpha value is -2.86. The minimum Gasteiger partial charge on any atom is -0.455 e. The molecule has 1 atom stereocenters. The number of nitrogens with one attached hydrogen (secondary N) is 1. The topological polar surface area (TPSA) is 76.4 Å². The van der Waals surface area contributed by atoms with Gasteiger partial charge in [0.05, 0.1) is 10.9 Å². The lowest BCUT2D eigenvalue weighted by Crippen LogP contribution is -2.29. The first kappa shape index (κ1) is 20.9. The summed E-state index contributed by atoms with van der Waals surface area (Å²) in [6, 6.07) is 20.9. The molecule has 6 heteroatoms. The maximum atomic E-state index is 12.7. The van der Waals surface area contributed by atoms with Crippen molar-refractivity contribution >= 4 is 15.7 Å². The summed E-state index contributed by atoms with van der Waals surface area (Å²) in [5.74, 6) is 0.0805. The molecular formula is C23H25NO4S. The summed E-state index contributed by atoms with van der Waals surface area (Å²) in [7, 11) is -3.53. The zero-order valence-corrected chi connectivity index (χ0v) is 17.4. The number of rotatable bonds is 8. The monoisotopic (exact) mass is 411 g/mol. The summed E-state index contributed by atoms with van der Waals surface area (Å²) in [4.78, 5) is 12.9. The molecule has 3 rings (SSSR count). The molecule has 0 radical (unpaired) electrons. The van der Waals surface area contributed by atoms with Crippen LogP contribution in [-0.2, 0) is 15.6 Å². The second kappa shape index (κ2) is 9.09. The first-order chi connectivity index (χ1) is 13.8. The predicted octanol–water partition coefficient (Wildman–Crippen LogP) is 4.77. The van der Waals surface area contributed by atoms with E-state index in [2.05, 4.69) is 19.2 Å². The number of carbonyl (C=O) groups excluding carboxylic acids is 1. The van der Waals surface area contributed by atoms with E-state index in [9.17, 15) is 13.2 Å². The molecule has 1 heterocycles. The molecule has 0 aliphatic heterocycles. The van der Waals surface area contributed by atoms with Gasteiger partial charge in [-0.2, -0.15) is 0 Å². The molecule has 1 amide bonds. The van der Waals surface area contributed by atoms with Crippen LogP contribution in [0.4, 0.5) is 0 Å². The summed E-state index contributed by atoms with van der Waals surface area (Å²) in [6.07, 6.45) is 0.783. The largest absolute Gasteiger partial charge is 0.455 e. The van der Waals surface area contributed by atoms with Crippen LogP contribution in [0.25, 0.3) is 0 Å². The van der Waals surface area contributed by atoms with Crippen LogP contribution >= 0.6 is 0 Å². The van der Waals surface area contributed by atoms with Gasteiger partial charge in [0.2, 0.25) is 0 Å². The maximum Gasteiger partial charge on any atom is 0.287 e. The minimum absolute atomic E-state index is 0.105. The normalized spacial score (nSPS) is 12.7. The van der Waals surface area contributed by atoms with Gasteiger partial charge in [-0.1, -0.05) is 62.4 Å². The Morgan fingerprint density at radius 1 is 0.931 bits per heavy atom. The van der Waals surface area contributed by atoms with Gasteiger partial charge in [0.1, 0.15) is 11.5 Å². The maximum absolute atomic E-state index is 12.7. The highest BCUT2D eigenvalue weighted by molar-refractivity contribution is 7.90. The Kier molecular flexibility index (Phi) is 6.54. The van der Waals surface area contributed by atoms with Crippen molar-refractivity contribution in [1.29, 1.82) is 0 Å². The zero-order chi connectivity index (χ0) is 20.9. The molecule has 0 bridgehead atoms. The van der Waals surface area contributed by atoms with Crippen LogP contribution in [-0.4, -0.2) is 14.3 Å². The first-order valence-corrected chi connectivity index (χ1v) is 11.2. The van der Waals surface area contributed by atoms with Crippen LogP contribution in [0.2, 0.25) is 0 Å². The average molecular weight is 412 g/mol. The summed E-state index contributed by atoms with van der Waals surface area (Å²) in [5.41, 5.74) is 1.02. The number of hydrogen-bond acceptors (Lipinski definition) is 4. The second-order valence-corrected chi connectivity index (χ2v) is 9.39. The Bertz CT molecular complexity index is 1040. The van der Waals surface area contributed by atoms with Crippen molar-refractivity contribution in [2.24, 2.45) is 5.92 Å². The van der Waals surface area contributed by atoms with E-state index in [1.165, 1.54) is 12.1 Å². The molecule has 3 aromatic rings. The van der Waals surface area contributed by atoms with Gasteiger partial charge in [-0.3, -0.25) is 4.79 Å². The Morgan fingerprint density at radius 2 is 1.55 bits per heavy atom. The van der Waals surface area contributed by atoms with Crippen LogP contribution in [0, 0.1) is 5.92 Å². The average Bonchev–Trinajstić information content (AvgIpc) is 3.16. The molecule has 0 aliphatic rings. The molecule has 0 saturated heterocycles. The molecule has 0 spiro atoms. The van der Waals surface area contributed by atoms with E-state index in [4.69, 9.17) is 4.42 Å². The minimum atomic E-state index is -3.53. The highest BCUT2D eigenvalue weighted by Gasteiger charge is 2.21. The number of benzene rings is 2. The van der Waals surface area contributed by atoms with Crippen LogP contribution in [0.3, 0.4) is 0 Å². The SMILES string of the molecule is CC(C)CC(NC(=O)c1ccc(CS(=O)(=O)c2ccccc2)o1)c1ccccc1. The molecule has 0 saturated carbocycles. The number of sulfone groups is 1. The van der Waals surface area contributed by atoms with Gasteiger partial charge in [0, 0.05) is 0 Å². The third kappa shape index (κ3) is 5.57. The van der Waals surface area contributed by atoms with Gasteiger partial charge >= 0.3 is 0 Å². The van der Waals surface area contributed by atoms with Crippen molar-refractivity contribution in [2.75, 3.05) is 0 Å². The molecule has 5 nitrogen and oxygen atoms in total. The number of hydrogen-bond donors (Lipinski definition) is 1. The van der Waals surface area contributed by atoms with Gasteiger partial charge in [0.15, 0.2) is 15.6 Å². The van der Waals surface area contributed by atoms with Crippen LogP contribution in [0.15, 0.2) is 82.1 Å². The standard InChI is InChI=1S/C23H25NO4S/c1-17(2)15-21(18-9-5-3-6-10-18)24-23(25)22-14-13-19(28-22)16-29(26,27)20-11-7-4-8-12-20/h3-14,17,21H,15-16H2,1-2H3,(H,24,25). The molecule has 1 N–H and O–H groups in total. The van der Waals surface area contributed by atoms with Crippen molar-refractivity contribution < 1.29 is 17.6 Å². The molecule has 0 aliphatic carbocycles. The molecule has 152 valence electrons. The van der Waals surface area contributed by atoms with E-state index in [1.54, 1.807) is 30.3 Å². The second-order valence-electron chi connectivity index (χ2n) is 7.40. The van der Waals surface area contributed by atoms with Crippen molar-refractivity contribution in [3.8, 4) is 0 Å². The lowest BCUT2D eigenvalue weighted by Gasteiger charge is -2.20. The van der Waals surface area contributed by atoms with Gasteiger partial charge < -0.3 is 9.73 Å². The van der Waals surface area contributed by atoms with Crippen molar-refractivity contribution in [3.63, 3.8) is 0 Å². The zero-order valence-electron chi connectivity index (χ0n) is 16.5. The van der Waals surface area contributed by atoms with Crippen molar-refractivity contribution in [3.05, 3.63) is 89.9 Å². The van der Waals surface area contributed by atoms with E-state index < -0.39 is 9.84 Å². The molecule has 0 fully saturated rings. The number of amides is 1. The van der Waals surface area contributed by atoms with E-state index in [-0.39, 0.29) is 34.1 Å². The first-order valence-electron chi connectivity index (χ1n) is 9.57. The van der Waals surface area contributed by atoms with Crippen LogP contribution in [0.5, 0.6) is 0 Å². The fourth-order valence-electron chi connectivity index (χ4n) is 3.14. The van der Waals surface area contributed by atoms with Crippen LogP contribution in [0.1, 0.15) is 48.2 Å². The third-order valence-corrected chi connectivity index (χ3v) is 6.19. The van der Waals surface area contributed by atoms with E-state index in [0.29, 0.717) is 5.92 Å². The third-order valence-electron chi connectivity index (χ3n) is 4.53. The molecular weight excluding hydrogens is 386 g/mol. The van der Waals surface area contributed by atoms with E-state index >= 15 is 0 Å². The summed E-state index contributed by atoms with van der Waals surface area (Å²) < 4.78 is 30.6. The van der Waals surface area contributed by atoms with Gasteiger partial charge in [-0.15, -0.1) is 0 Å². The highest BCUT2D eigenvalue weighted by Crippen LogP contribution is 2.23.